The molecule has 0 radical (unpaired) electrons. The Bertz CT molecular complexity index is 588. The van der Waals surface area contributed by atoms with Crippen molar-refractivity contribution in [3.63, 3.8) is 0 Å². The highest BCUT2D eigenvalue weighted by atomic mass is 79.9. The number of hydrogen-bond acceptors (Lipinski definition) is 2. The number of hydrogen-bond donors (Lipinski definition) is 1. The zero-order valence-corrected chi connectivity index (χ0v) is 13.8. The van der Waals surface area contributed by atoms with Gasteiger partial charge in [0.2, 0.25) is 0 Å². The topological polar surface area (TPSA) is 21.3 Å². The van der Waals surface area contributed by atoms with Gasteiger partial charge in [-0.25, -0.2) is 0 Å². The zero-order valence-electron chi connectivity index (χ0n) is 11.5. The van der Waals surface area contributed by atoms with Crippen LogP contribution in [0.3, 0.4) is 0 Å². The van der Waals surface area contributed by atoms with E-state index in [-0.39, 0.29) is 6.04 Å². The van der Waals surface area contributed by atoms with Crippen molar-refractivity contribution in [3.8, 4) is 5.75 Å². The molecule has 0 aromatic heterocycles. The number of halogens is 2. The van der Waals surface area contributed by atoms with Crippen molar-refractivity contribution < 1.29 is 4.74 Å². The van der Waals surface area contributed by atoms with Crippen LogP contribution in [0.15, 0.2) is 46.9 Å². The van der Waals surface area contributed by atoms with E-state index >= 15 is 0 Å². The van der Waals surface area contributed by atoms with E-state index in [0.717, 1.165) is 26.4 Å². The molecule has 0 aliphatic carbocycles. The fourth-order valence-corrected chi connectivity index (χ4v) is 2.67. The highest BCUT2D eigenvalue weighted by Crippen LogP contribution is 2.26. The quantitative estimate of drug-likeness (QED) is 0.819. The first kappa shape index (κ1) is 15.4. The second-order valence-corrected chi connectivity index (χ2v) is 5.90. The number of nitrogens with one attached hydrogen (secondary N) is 1. The SMILES string of the molecule is COc1ccccc1[C@@H](C)NCc1cc(Br)ccc1Cl. The molecule has 1 atom stereocenters. The van der Waals surface area contributed by atoms with Gasteiger partial charge in [-0.3, -0.25) is 0 Å². The third kappa shape index (κ3) is 3.75. The van der Waals surface area contributed by atoms with Gasteiger partial charge in [-0.1, -0.05) is 45.7 Å². The molecular formula is C16H17BrClNO. The fourth-order valence-electron chi connectivity index (χ4n) is 2.08. The summed E-state index contributed by atoms with van der Waals surface area (Å²) >= 11 is 9.66. The minimum atomic E-state index is 0.182. The molecule has 0 spiro atoms. The van der Waals surface area contributed by atoms with Gasteiger partial charge < -0.3 is 10.1 Å². The Hall–Kier alpha value is -1.03. The maximum Gasteiger partial charge on any atom is 0.123 e. The fraction of sp³-hybridized carbons (Fsp3) is 0.250. The van der Waals surface area contributed by atoms with Crippen LogP contribution in [-0.4, -0.2) is 7.11 Å². The molecule has 0 saturated heterocycles. The predicted molar refractivity (Wildman–Crippen MR) is 87.4 cm³/mol. The Morgan fingerprint density at radius 1 is 1.25 bits per heavy atom. The monoisotopic (exact) mass is 353 g/mol. The molecule has 2 aromatic carbocycles. The summed E-state index contributed by atoms with van der Waals surface area (Å²) in [6, 6.07) is 14.1. The number of methoxy groups -OCH3 is 1. The van der Waals surface area contributed by atoms with Gasteiger partial charge in [0.1, 0.15) is 5.75 Å². The highest BCUT2D eigenvalue weighted by molar-refractivity contribution is 9.10. The Labute approximate surface area is 133 Å². The molecule has 4 heteroatoms. The third-order valence-electron chi connectivity index (χ3n) is 3.21. The van der Waals surface area contributed by atoms with Crippen molar-refractivity contribution in [2.45, 2.75) is 19.5 Å². The normalized spacial score (nSPS) is 12.2. The molecule has 0 heterocycles. The van der Waals surface area contributed by atoms with Crippen molar-refractivity contribution in [1.82, 2.24) is 5.32 Å². The number of para-hydroxylation sites is 1. The lowest BCUT2D eigenvalue weighted by atomic mass is 10.1. The van der Waals surface area contributed by atoms with Crippen LogP contribution < -0.4 is 10.1 Å². The second-order valence-electron chi connectivity index (χ2n) is 4.58. The third-order valence-corrected chi connectivity index (χ3v) is 4.07. The summed E-state index contributed by atoms with van der Waals surface area (Å²) < 4.78 is 6.42. The Morgan fingerprint density at radius 2 is 2.00 bits per heavy atom. The summed E-state index contributed by atoms with van der Waals surface area (Å²) in [6.45, 7) is 2.82. The molecule has 2 rings (SSSR count). The molecule has 2 aromatic rings. The van der Waals surface area contributed by atoms with E-state index in [1.54, 1.807) is 7.11 Å². The van der Waals surface area contributed by atoms with Crippen molar-refractivity contribution >= 4 is 27.5 Å². The first-order valence-corrected chi connectivity index (χ1v) is 7.59. The van der Waals surface area contributed by atoms with Crippen molar-refractivity contribution in [2.24, 2.45) is 0 Å². The smallest absolute Gasteiger partial charge is 0.123 e. The van der Waals surface area contributed by atoms with Crippen LogP contribution in [0.5, 0.6) is 5.75 Å². The molecule has 0 saturated carbocycles. The van der Waals surface area contributed by atoms with Gasteiger partial charge in [-0.05, 0) is 36.8 Å². The highest BCUT2D eigenvalue weighted by Gasteiger charge is 2.11. The van der Waals surface area contributed by atoms with Gasteiger partial charge in [0.15, 0.2) is 0 Å². The molecule has 2 nitrogen and oxygen atoms in total. The lowest BCUT2D eigenvalue weighted by molar-refractivity contribution is 0.401. The average molecular weight is 355 g/mol. The van der Waals surface area contributed by atoms with Gasteiger partial charge >= 0.3 is 0 Å². The van der Waals surface area contributed by atoms with Gasteiger partial charge in [-0.15, -0.1) is 0 Å². The van der Waals surface area contributed by atoms with Crippen LogP contribution in [0.4, 0.5) is 0 Å². The zero-order chi connectivity index (χ0) is 14.5. The Kier molecular flexibility index (Phi) is 5.46. The largest absolute Gasteiger partial charge is 0.496 e. The van der Waals surface area contributed by atoms with Gasteiger partial charge in [0.25, 0.3) is 0 Å². The second kappa shape index (κ2) is 7.11. The Morgan fingerprint density at radius 3 is 2.75 bits per heavy atom. The van der Waals surface area contributed by atoms with Crippen molar-refractivity contribution in [2.75, 3.05) is 7.11 Å². The number of ether oxygens (including phenoxy) is 1. The van der Waals surface area contributed by atoms with Gasteiger partial charge in [0.05, 0.1) is 7.11 Å². The van der Waals surface area contributed by atoms with Crippen molar-refractivity contribution in [3.05, 3.63) is 63.1 Å². The summed E-state index contributed by atoms with van der Waals surface area (Å²) in [5, 5.41) is 4.24. The van der Waals surface area contributed by atoms with Crippen LogP contribution in [0.25, 0.3) is 0 Å². The van der Waals surface area contributed by atoms with Crippen molar-refractivity contribution in [1.29, 1.82) is 0 Å². The van der Waals surface area contributed by atoms with E-state index in [9.17, 15) is 0 Å². The maximum absolute atomic E-state index is 6.20. The summed E-state index contributed by atoms with van der Waals surface area (Å²) in [6.07, 6.45) is 0. The molecule has 106 valence electrons. The molecule has 0 unspecified atom stereocenters. The van der Waals surface area contributed by atoms with Gasteiger partial charge in [0, 0.05) is 27.6 Å². The minimum absolute atomic E-state index is 0.182. The molecule has 0 amide bonds. The molecule has 20 heavy (non-hydrogen) atoms. The van der Waals surface area contributed by atoms with Crippen LogP contribution >= 0.6 is 27.5 Å². The van der Waals surface area contributed by atoms with Crippen LogP contribution in [0.2, 0.25) is 5.02 Å². The van der Waals surface area contributed by atoms with E-state index in [0.29, 0.717) is 6.54 Å². The lowest BCUT2D eigenvalue weighted by Crippen LogP contribution is -2.18. The number of rotatable bonds is 5. The first-order valence-electron chi connectivity index (χ1n) is 6.42. The minimum Gasteiger partial charge on any atom is -0.496 e. The first-order chi connectivity index (χ1) is 9.61. The molecule has 1 N–H and O–H groups in total. The molecule has 0 bridgehead atoms. The van der Waals surface area contributed by atoms with E-state index in [2.05, 4.69) is 34.2 Å². The lowest BCUT2D eigenvalue weighted by Gasteiger charge is -2.17. The van der Waals surface area contributed by atoms with Gasteiger partial charge in [-0.2, -0.15) is 0 Å². The molecule has 0 aliphatic rings. The Balaban J connectivity index is 2.08. The maximum atomic E-state index is 6.20. The summed E-state index contributed by atoms with van der Waals surface area (Å²) in [4.78, 5) is 0. The van der Waals surface area contributed by atoms with Crippen LogP contribution in [0, 0.1) is 0 Å². The van der Waals surface area contributed by atoms with E-state index < -0.39 is 0 Å². The predicted octanol–water partition coefficient (Wildman–Crippen LogP) is 4.96. The average Bonchev–Trinajstić information content (AvgIpc) is 2.47. The number of benzene rings is 2. The van der Waals surface area contributed by atoms with E-state index in [4.69, 9.17) is 16.3 Å². The van der Waals surface area contributed by atoms with Crippen LogP contribution in [-0.2, 0) is 6.54 Å². The summed E-state index contributed by atoms with van der Waals surface area (Å²) in [5.41, 5.74) is 2.21. The summed E-state index contributed by atoms with van der Waals surface area (Å²) in [5.74, 6) is 0.896. The molecular weight excluding hydrogens is 338 g/mol. The van der Waals surface area contributed by atoms with E-state index in [1.165, 1.54) is 0 Å². The standard InChI is InChI=1S/C16H17BrClNO/c1-11(14-5-3-4-6-16(14)20-2)19-10-12-9-13(17)7-8-15(12)18/h3-9,11,19H,10H2,1-2H3/t11-/m1/s1. The van der Waals surface area contributed by atoms with Crippen LogP contribution in [0.1, 0.15) is 24.1 Å². The molecule has 0 fully saturated rings. The summed E-state index contributed by atoms with van der Waals surface area (Å²) in [7, 11) is 1.69. The molecule has 0 aliphatic heterocycles. The van der Waals surface area contributed by atoms with E-state index in [1.807, 2.05) is 36.4 Å².